The Morgan fingerprint density at radius 1 is 1.45 bits per heavy atom. The van der Waals surface area contributed by atoms with E-state index in [0.717, 1.165) is 0 Å². The maximum Gasteiger partial charge on any atom is 0.310 e. The summed E-state index contributed by atoms with van der Waals surface area (Å²) in [5, 5.41) is 9.46. The first-order valence-electron chi connectivity index (χ1n) is 6.11. The number of aryl methyl sites for hydroxylation is 1. The van der Waals surface area contributed by atoms with Crippen LogP contribution in [0.25, 0.3) is 0 Å². The molecular weight excluding hydrogens is 302 g/mol. The summed E-state index contributed by atoms with van der Waals surface area (Å²) in [6, 6.07) is 4.56. The van der Waals surface area contributed by atoms with E-state index in [9.17, 15) is 13.2 Å². The Kier molecular flexibility index (Phi) is 5.18. The van der Waals surface area contributed by atoms with Crippen LogP contribution in [0.15, 0.2) is 23.1 Å². The predicted octanol–water partition coefficient (Wildman–Crippen LogP) is 2.43. The minimum absolute atomic E-state index is 0.0637. The molecule has 5 nitrogen and oxygen atoms in total. The summed E-state index contributed by atoms with van der Waals surface area (Å²) >= 11 is 5.80. The molecule has 0 aromatic heterocycles. The molecule has 0 aliphatic heterocycles. The van der Waals surface area contributed by atoms with Crippen molar-refractivity contribution < 1.29 is 18.3 Å². The Morgan fingerprint density at radius 2 is 2.05 bits per heavy atom. The van der Waals surface area contributed by atoms with Crippen LogP contribution in [-0.2, 0) is 14.8 Å². The summed E-state index contributed by atoms with van der Waals surface area (Å²) in [7, 11) is -3.79. The van der Waals surface area contributed by atoms with E-state index < -0.39 is 21.4 Å². The van der Waals surface area contributed by atoms with Crippen molar-refractivity contribution in [1.29, 1.82) is 0 Å². The van der Waals surface area contributed by atoms with Gasteiger partial charge < -0.3 is 5.11 Å². The molecule has 0 spiro atoms. The first kappa shape index (κ1) is 16.9. The second-order valence-electron chi connectivity index (χ2n) is 4.95. The van der Waals surface area contributed by atoms with Crippen LogP contribution in [0.4, 0.5) is 0 Å². The van der Waals surface area contributed by atoms with E-state index in [1.165, 1.54) is 13.0 Å². The van der Waals surface area contributed by atoms with Crippen molar-refractivity contribution in [1.82, 2.24) is 4.72 Å². The molecule has 0 saturated carbocycles. The van der Waals surface area contributed by atoms with Crippen LogP contribution >= 0.6 is 11.6 Å². The third-order valence-electron chi connectivity index (χ3n) is 3.39. The summed E-state index contributed by atoms with van der Waals surface area (Å²) in [5.74, 6) is -1.04. The average Bonchev–Trinajstić information content (AvgIpc) is 2.38. The lowest BCUT2D eigenvalue weighted by Crippen LogP contribution is -2.40. The smallest absolute Gasteiger partial charge is 0.310 e. The van der Waals surface area contributed by atoms with Gasteiger partial charge in [-0.25, -0.2) is 13.1 Å². The van der Waals surface area contributed by atoms with E-state index in [-0.39, 0.29) is 11.4 Å². The normalized spacial score (nSPS) is 14.8. The molecule has 1 rings (SSSR count). The SMILES string of the molecule is CCC(C)(CNS(=O)(=O)c1cc(Cl)ccc1C)C(=O)O. The van der Waals surface area contributed by atoms with Gasteiger partial charge in [-0.3, -0.25) is 4.79 Å². The van der Waals surface area contributed by atoms with Gasteiger partial charge in [-0.05, 0) is 38.0 Å². The summed E-state index contributed by atoms with van der Waals surface area (Å²) in [5.41, 5.74) is -0.588. The van der Waals surface area contributed by atoms with Gasteiger partial charge >= 0.3 is 5.97 Å². The van der Waals surface area contributed by atoms with Crippen LogP contribution in [0.1, 0.15) is 25.8 Å². The van der Waals surface area contributed by atoms with Gasteiger partial charge in [-0.2, -0.15) is 0 Å². The van der Waals surface area contributed by atoms with E-state index in [0.29, 0.717) is 17.0 Å². The molecule has 0 heterocycles. The largest absolute Gasteiger partial charge is 0.481 e. The quantitative estimate of drug-likeness (QED) is 0.843. The number of aliphatic carboxylic acids is 1. The fourth-order valence-corrected chi connectivity index (χ4v) is 3.22. The van der Waals surface area contributed by atoms with Crippen molar-refractivity contribution in [3.8, 4) is 0 Å². The molecule has 0 bridgehead atoms. The molecule has 0 fully saturated rings. The summed E-state index contributed by atoms with van der Waals surface area (Å²) in [4.78, 5) is 11.2. The molecular formula is C13H18ClNO4S. The Balaban J connectivity index is 3.02. The van der Waals surface area contributed by atoms with Crippen LogP contribution in [0.5, 0.6) is 0 Å². The summed E-state index contributed by atoms with van der Waals surface area (Å²) in [6.07, 6.45) is 0.319. The van der Waals surface area contributed by atoms with Crippen molar-refractivity contribution in [2.75, 3.05) is 6.54 Å². The molecule has 1 unspecified atom stereocenters. The first-order chi connectivity index (χ1) is 9.12. The Bertz CT molecular complexity index is 615. The maximum absolute atomic E-state index is 12.2. The van der Waals surface area contributed by atoms with Crippen LogP contribution in [0.2, 0.25) is 5.02 Å². The number of rotatable bonds is 6. The summed E-state index contributed by atoms with van der Waals surface area (Å²) < 4.78 is 26.8. The van der Waals surface area contributed by atoms with Gasteiger partial charge in [0.1, 0.15) is 0 Å². The number of carbonyl (C=O) groups is 1. The minimum Gasteiger partial charge on any atom is -0.481 e. The number of benzene rings is 1. The maximum atomic E-state index is 12.2. The zero-order chi connectivity index (χ0) is 15.6. The number of halogens is 1. The lowest BCUT2D eigenvalue weighted by atomic mass is 9.88. The van der Waals surface area contributed by atoms with E-state index in [2.05, 4.69) is 4.72 Å². The Labute approximate surface area is 124 Å². The van der Waals surface area contributed by atoms with Crippen molar-refractivity contribution in [3.05, 3.63) is 28.8 Å². The molecule has 1 atom stereocenters. The average molecular weight is 320 g/mol. The highest BCUT2D eigenvalue weighted by atomic mass is 35.5. The molecule has 1 aromatic carbocycles. The molecule has 0 radical (unpaired) electrons. The van der Waals surface area contributed by atoms with Crippen molar-refractivity contribution >= 4 is 27.6 Å². The Hall–Kier alpha value is -1.11. The van der Waals surface area contributed by atoms with Gasteiger partial charge in [0.05, 0.1) is 10.3 Å². The third kappa shape index (κ3) is 3.71. The van der Waals surface area contributed by atoms with Gasteiger partial charge in [0.25, 0.3) is 0 Å². The number of sulfonamides is 1. The minimum atomic E-state index is -3.79. The number of carboxylic acids is 1. The highest BCUT2D eigenvalue weighted by Crippen LogP contribution is 2.23. The zero-order valence-corrected chi connectivity index (χ0v) is 13.2. The second-order valence-corrected chi connectivity index (χ2v) is 7.13. The Morgan fingerprint density at radius 3 is 2.55 bits per heavy atom. The number of hydrogen-bond acceptors (Lipinski definition) is 3. The van der Waals surface area contributed by atoms with Crippen LogP contribution in [0, 0.1) is 12.3 Å². The van der Waals surface area contributed by atoms with E-state index in [1.807, 2.05) is 0 Å². The number of nitrogens with one attached hydrogen (secondary N) is 1. The molecule has 0 saturated heterocycles. The van der Waals surface area contributed by atoms with Gasteiger partial charge in [-0.1, -0.05) is 24.6 Å². The number of carboxylic acid groups (broad SMARTS) is 1. The molecule has 2 N–H and O–H groups in total. The number of hydrogen-bond donors (Lipinski definition) is 2. The predicted molar refractivity (Wildman–Crippen MR) is 77.4 cm³/mol. The second kappa shape index (κ2) is 6.11. The lowest BCUT2D eigenvalue weighted by Gasteiger charge is -2.23. The zero-order valence-electron chi connectivity index (χ0n) is 11.6. The van der Waals surface area contributed by atoms with Gasteiger partial charge in [0, 0.05) is 11.6 Å². The summed E-state index contributed by atoms with van der Waals surface area (Å²) in [6.45, 7) is 4.68. The standard InChI is InChI=1S/C13H18ClNO4S/c1-4-13(3,12(16)17)8-15-20(18,19)11-7-10(14)6-5-9(11)2/h5-7,15H,4,8H2,1-3H3,(H,16,17). The van der Waals surface area contributed by atoms with Crippen LogP contribution < -0.4 is 4.72 Å². The highest BCUT2D eigenvalue weighted by Gasteiger charge is 2.33. The lowest BCUT2D eigenvalue weighted by molar-refractivity contribution is -0.147. The van der Waals surface area contributed by atoms with E-state index in [4.69, 9.17) is 16.7 Å². The van der Waals surface area contributed by atoms with Crippen molar-refractivity contribution in [2.24, 2.45) is 5.41 Å². The fourth-order valence-electron chi connectivity index (χ4n) is 1.55. The molecule has 20 heavy (non-hydrogen) atoms. The van der Waals surface area contributed by atoms with Gasteiger partial charge in [0.2, 0.25) is 10.0 Å². The van der Waals surface area contributed by atoms with Crippen LogP contribution in [-0.4, -0.2) is 26.0 Å². The topological polar surface area (TPSA) is 83.5 Å². The first-order valence-corrected chi connectivity index (χ1v) is 7.98. The van der Waals surface area contributed by atoms with Gasteiger partial charge in [0.15, 0.2) is 0 Å². The molecule has 0 aliphatic carbocycles. The van der Waals surface area contributed by atoms with Crippen LogP contribution in [0.3, 0.4) is 0 Å². The van der Waals surface area contributed by atoms with Gasteiger partial charge in [-0.15, -0.1) is 0 Å². The third-order valence-corrected chi connectivity index (χ3v) is 5.17. The molecule has 0 aliphatic rings. The molecule has 112 valence electrons. The van der Waals surface area contributed by atoms with E-state index in [1.54, 1.807) is 26.0 Å². The fraction of sp³-hybridized carbons (Fsp3) is 0.462. The monoisotopic (exact) mass is 319 g/mol. The molecule has 1 aromatic rings. The van der Waals surface area contributed by atoms with Crippen molar-refractivity contribution in [3.63, 3.8) is 0 Å². The molecule has 0 amide bonds. The van der Waals surface area contributed by atoms with Crippen molar-refractivity contribution in [2.45, 2.75) is 32.1 Å². The van der Waals surface area contributed by atoms with E-state index >= 15 is 0 Å². The highest BCUT2D eigenvalue weighted by molar-refractivity contribution is 7.89. The molecule has 7 heteroatoms.